The zero-order chi connectivity index (χ0) is 16.2. The van der Waals surface area contributed by atoms with Gasteiger partial charge in [-0.15, -0.1) is 0 Å². The smallest absolute Gasteiger partial charge is 0.273 e. The van der Waals surface area contributed by atoms with Gasteiger partial charge in [-0.25, -0.2) is 5.43 Å². The molecule has 3 aromatic rings. The van der Waals surface area contributed by atoms with E-state index in [1.54, 1.807) is 30.5 Å². The summed E-state index contributed by atoms with van der Waals surface area (Å²) in [5.41, 5.74) is 4.12. The molecule has 1 aromatic heterocycles. The van der Waals surface area contributed by atoms with Crippen LogP contribution in [0.1, 0.15) is 15.9 Å². The van der Waals surface area contributed by atoms with Crippen molar-refractivity contribution in [2.45, 2.75) is 0 Å². The number of amides is 1. The minimum atomic E-state index is -0.484. The maximum Gasteiger partial charge on any atom is 0.273 e. The summed E-state index contributed by atoms with van der Waals surface area (Å²) in [6.45, 7) is 0. The molecule has 0 saturated heterocycles. The van der Waals surface area contributed by atoms with E-state index in [9.17, 15) is 14.9 Å². The Balaban J connectivity index is 1.75. The minimum Gasteiger partial charge on any atom is -0.361 e. The molecule has 3 rings (SSSR count). The third-order valence-electron chi connectivity index (χ3n) is 3.29. The van der Waals surface area contributed by atoms with E-state index in [-0.39, 0.29) is 11.6 Å². The van der Waals surface area contributed by atoms with Gasteiger partial charge in [0.25, 0.3) is 11.6 Å². The fraction of sp³-hybridized carbons (Fsp3) is 0. The third-order valence-corrected chi connectivity index (χ3v) is 3.29. The van der Waals surface area contributed by atoms with E-state index in [4.69, 9.17) is 0 Å². The number of hydrazone groups is 1. The normalized spacial score (nSPS) is 11.0. The molecule has 0 saturated carbocycles. The van der Waals surface area contributed by atoms with Crippen LogP contribution in [0.2, 0.25) is 0 Å². The molecule has 0 spiro atoms. The standard InChI is InChI=1S/C16H12N4O3/c21-16(14-6-2-4-12-7-8-17-15(12)14)19-18-10-11-3-1-5-13(9-11)20(22)23/h1-10,17H,(H,19,21)/b18-10-. The number of non-ortho nitro benzene ring substituents is 1. The Morgan fingerprint density at radius 2 is 2.04 bits per heavy atom. The Morgan fingerprint density at radius 3 is 2.87 bits per heavy atom. The number of aromatic nitrogens is 1. The number of aromatic amines is 1. The first kappa shape index (κ1) is 14.5. The predicted molar refractivity (Wildman–Crippen MR) is 86.5 cm³/mol. The van der Waals surface area contributed by atoms with Gasteiger partial charge in [0, 0.05) is 29.3 Å². The minimum absolute atomic E-state index is 0.0311. The lowest BCUT2D eigenvalue weighted by molar-refractivity contribution is -0.384. The number of nitro groups is 1. The lowest BCUT2D eigenvalue weighted by Crippen LogP contribution is -2.18. The summed E-state index contributed by atoms with van der Waals surface area (Å²) in [6, 6.07) is 13.2. The summed E-state index contributed by atoms with van der Waals surface area (Å²) >= 11 is 0. The molecule has 0 aliphatic rings. The largest absolute Gasteiger partial charge is 0.361 e. The molecule has 1 amide bonds. The molecule has 7 nitrogen and oxygen atoms in total. The third kappa shape index (κ3) is 3.08. The summed E-state index contributed by atoms with van der Waals surface area (Å²) in [4.78, 5) is 25.4. The van der Waals surface area contributed by atoms with Crippen molar-refractivity contribution in [3.63, 3.8) is 0 Å². The summed E-state index contributed by atoms with van der Waals surface area (Å²) in [6.07, 6.45) is 3.12. The topological polar surface area (TPSA) is 100 Å². The molecular formula is C16H12N4O3. The second-order valence-electron chi connectivity index (χ2n) is 4.80. The Kier molecular flexibility index (Phi) is 3.84. The number of benzene rings is 2. The van der Waals surface area contributed by atoms with Crippen LogP contribution in [0.5, 0.6) is 0 Å². The van der Waals surface area contributed by atoms with Crippen molar-refractivity contribution in [1.29, 1.82) is 0 Å². The van der Waals surface area contributed by atoms with Crippen molar-refractivity contribution in [2.24, 2.45) is 5.10 Å². The highest BCUT2D eigenvalue weighted by molar-refractivity contribution is 6.05. The van der Waals surface area contributed by atoms with E-state index in [0.717, 1.165) is 10.9 Å². The van der Waals surface area contributed by atoms with Crippen LogP contribution in [-0.4, -0.2) is 22.0 Å². The van der Waals surface area contributed by atoms with Gasteiger partial charge in [-0.05, 0) is 12.1 Å². The molecule has 1 heterocycles. The van der Waals surface area contributed by atoms with Gasteiger partial charge in [0.15, 0.2) is 0 Å². The number of carbonyl (C=O) groups excluding carboxylic acids is 1. The first-order valence-electron chi connectivity index (χ1n) is 6.79. The maximum absolute atomic E-state index is 12.2. The summed E-state index contributed by atoms with van der Waals surface area (Å²) in [5.74, 6) is -0.361. The zero-order valence-electron chi connectivity index (χ0n) is 11.9. The van der Waals surface area contributed by atoms with Gasteiger partial charge in [-0.1, -0.05) is 24.3 Å². The van der Waals surface area contributed by atoms with Crippen LogP contribution in [0.3, 0.4) is 0 Å². The van der Waals surface area contributed by atoms with Crippen LogP contribution >= 0.6 is 0 Å². The van der Waals surface area contributed by atoms with Crippen molar-refractivity contribution in [3.05, 3.63) is 76.0 Å². The summed E-state index contributed by atoms with van der Waals surface area (Å²) in [7, 11) is 0. The van der Waals surface area contributed by atoms with Gasteiger partial charge < -0.3 is 4.98 Å². The number of nitro benzene ring substituents is 1. The first-order valence-corrected chi connectivity index (χ1v) is 6.79. The number of nitrogens with one attached hydrogen (secondary N) is 2. The Hall–Kier alpha value is -3.48. The number of carbonyl (C=O) groups is 1. The summed E-state index contributed by atoms with van der Waals surface area (Å²) in [5, 5.41) is 15.5. The SMILES string of the molecule is O=C(N/N=C\c1cccc([N+](=O)[O-])c1)c1cccc2cc[nH]c12. The van der Waals surface area contributed by atoms with Crippen LogP contribution < -0.4 is 5.43 Å². The number of rotatable bonds is 4. The van der Waals surface area contributed by atoms with E-state index in [1.807, 2.05) is 12.1 Å². The first-order chi connectivity index (χ1) is 11.1. The quantitative estimate of drug-likeness (QED) is 0.440. The van der Waals surface area contributed by atoms with Gasteiger partial charge >= 0.3 is 0 Å². The van der Waals surface area contributed by atoms with Crippen LogP contribution in [0.4, 0.5) is 5.69 Å². The number of fused-ring (bicyclic) bond motifs is 1. The van der Waals surface area contributed by atoms with Crippen LogP contribution in [0.15, 0.2) is 59.8 Å². The molecule has 0 fully saturated rings. The predicted octanol–water partition coefficient (Wildman–Crippen LogP) is 2.84. The molecule has 2 aromatic carbocycles. The number of H-pyrrole nitrogens is 1. The Labute approximate surface area is 130 Å². The van der Waals surface area contributed by atoms with Gasteiger partial charge in [-0.2, -0.15) is 5.10 Å². The second kappa shape index (κ2) is 6.10. The molecule has 0 unspecified atom stereocenters. The fourth-order valence-corrected chi connectivity index (χ4v) is 2.22. The Bertz CT molecular complexity index is 914. The lowest BCUT2D eigenvalue weighted by atomic mass is 10.1. The highest BCUT2D eigenvalue weighted by Crippen LogP contribution is 2.16. The number of para-hydroxylation sites is 1. The number of hydrogen-bond acceptors (Lipinski definition) is 4. The van der Waals surface area contributed by atoms with E-state index < -0.39 is 4.92 Å². The van der Waals surface area contributed by atoms with Crippen LogP contribution in [0, 0.1) is 10.1 Å². The van der Waals surface area contributed by atoms with Crippen LogP contribution in [0.25, 0.3) is 10.9 Å². The molecule has 0 atom stereocenters. The molecule has 0 radical (unpaired) electrons. The number of hydrogen-bond donors (Lipinski definition) is 2. The average Bonchev–Trinajstić information content (AvgIpc) is 3.03. The second-order valence-corrected chi connectivity index (χ2v) is 4.80. The lowest BCUT2D eigenvalue weighted by Gasteiger charge is -2.01. The van der Waals surface area contributed by atoms with Crippen molar-refractivity contribution in [3.8, 4) is 0 Å². The van der Waals surface area contributed by atoms with Crippen molar-refractivity contribution in [1.82, 2.24) is 10.4 Å². The Morgan fingerprint density at radius 1 is 1.22 bits per heavy atom. The fourth-order valence-electron chi connectivity index (χ4n) is 2.22. The van der Waals surface area contributed by atoms with E-state index in [1.165, 1.54) is 18.3 Å². The average molecular weight is 308 g/mol. The van der Waals surface area contributed by atoms with E-state index >= 15 is 0 Å². The van der Waals surface area contributed by atoms with Crippen molar-refractivity contribution in [2.75, 3.05) is 0 Å². The van der Waals surface area contributed by atoms with Crippen LogP contribution in [-0.2, 0) is 0 Å². The van der Waals surface area contributed by atoms with Gasteiger partial charge in [0.05, 0.1) is 22.2 Å². The molecule has 7 heteroatoms. The molecule has 2 N–H and O–H groups in total. The van der Waals surface area contributed by atoms with Crippen molar-refractivity contribution < 1.29 is 9.72 Å². The van der Waals surface area contributed by atoms with Gasteiger partial charge in [-0.3, -0.25) is 14.9 Å². The van der Waals surface area contributed by atoms with Gasteiger partial charge in [0.2, 0.25) is 0 Å². The molecule has 23 heavy (non-hydrogen) atoms. The molecule has 0 bridgehead atoms. The van der Waals surface area contributed by atoms with E-state index in [2.05, 4.69) is 15.5 Å². The molecule has 114 valence electrons. The number of nitrogens with zero attached hydrogens (tertiary/aromatic N) is 2. The van der Waals surface area contributed by atoms with Crippen molar-refractivity contribution >= 4 is 28.7 Å². The highest BCUT2D eigenvalue weighted by Gasteiger charge is 2.09. The maximum atomic E-state index is 12.2. The molecular weight excluding hydrogens is 296 g/mol. The highest BCUT2D eigenvalue weighted by atomic mass is 16.6. The monoisotopic (exact) mass is 308 g/mol. The van der Waals surface area contributed by atoms with Gasteiger partial charge in [0.1, 0.15) is 0 Å². The van der Waals surface area contributed by atoms with E-state index in [0.29, 0.717) is 11.1 Å². The zero-order valence-corrected chi connectivity index (χ0v) is 11.9. The molecule has 0 aliphatic carbocycles. The summed E-state index contributed by atoms with van der Waals surface area (Å²) < 4.78 is 0. The molecule has 0 aliphatic heterocycles.